The van der Waals surface area contributed by atoms with E-state index in [-0.39, 0.29) is 30.1 Å². The molecule has 1 fully saturated rings. The van der Waals surface area contributed by atoms with Crippen LogP contribution in [-0.2, 0) is 27.3 Å². The fraction of sp³-hybridized carbons (Fsp3) is 0.375. The number of carbonyl (C=O) groups excluding carboxylic acids is 3. The number of carbonyl (C=O) groups is 3. The third kappa shape index (κ3) is 6.39. The minimum absolute atomic E-state index is 0.0207. The number of nitrogens with two attached hydrogens (primary N) is 1. The summed E-state index contributed by atoms with van der Waals surface area (Å²) in [5, 5.41) is 3.05. The van der Waals surface area contributed by atoms with E-state index in [9.17, 15) is 14.4 Å². The second-order valence-electron chi connectivity index (χ2n) is 7.91. The molecular formula is C24H28N2O5. The van der Waals surface area contributed by atoms with Crippen LogP contribution >= 0.6 is 0 Å². The van der Waals surface area contributed by atoms with Gasteiger partial charge in [0.25, 0.3) is 5.91 Å². The van der Waals surface area contributed by atoms with Gasteiger partial charge in [-0.05, 0) is 37.0 Å². The number of aryl methyl sites for hydroxylation is 1. The molecule has 3 rings (SSSR count). The van der Waals surface area contributed by atoms with E-state index in [0.29, 0.717) is 24.3 Å². The van der Waals surface area contributed by atoms with Crippen molar-refractivity contribution in [2.45, 2.75) is 45.4 Å². The minimum atomic E-state index is -1.00. The van der Waals surface area contributed by atoms with E-state index in [1.54, 1.807) is 12.1 Å². The summed E-state index contributed by atoms with van der Waals surface area (Å²) in [4.78, 5) is 36.2. The van der Waals surface area contributed by atoms with Crippen molar-refractivity contribution in [3.8, 4) is 0 Å². The van der Waals surface area contributed by atoms with Gasteiger partial charge in [-0.1, -0.05) is 48.5 Å². The summed E-state index contributed by atoms with van der Waals surface area (Å²) in [5.41, 5.74) is 7.96. The molecule has 2 aromatic rings. The number of rotatable bonds is 10. The summed E-state index contributed by atoms with van der Waals surface area (Å²) in [6.07, 6.45) is -1.13. The van der Waals surface area contributed by atoms with Crippen LogP contribution in [0.25, 0.3) is 0 Å². The molecule has 0 heterocycles. The summed E-state index contributed by atoms with van der Waals surface area (Å²) < 4.78 is 10.5. The average molecular weight is 424 g/mol. The Bertz CT molecular complexity index is 944. The fourth-order valence-corrected chi connectivity index (χ4v) is 3.52. The number of amides is 2. The van der Waals surface area contributed by atoms with Crippen LogP contribution in [0, 0.1) is 12.8 Å². The highest BCUT2D eigenvalue weighted by molar-refractivity contribution is 5.99. The third-order valence-corrected chi connectivity index (χ3v) is 5.38. The van der Waals surface area contributed by atoms with Gasteiger partial charge in [0.2, 0.25) is 0 Å². The molecule has 3 atom stereocenters. The number of benzene rings is 2. The second kappa shape index (κ2) is 10.2. The number of ketones is 1. The van der Waals surface area contributed by atoms with Crippen molar-refractivity contribution >= 4 is 17.8 Å². The zero-order chi connectivity index (χ0) is 22.4. The van der Waals surface area contributed by atoms with Gasteiger partial charge in [-0.2, -0.15) is 0 Å². The van der Waals surface area contributed by atoms with E-state index in [0.717, 1.165) is 17.5 Å². The van der Waals surface area contributed by atoms with Crippen molar-refractivity contribution in [3.05, 3.63) is 70.8 Å². The topological polar surface area (TPSA) is 108 Å². The lowest BCUT2D eigenvalue weighted by Gasteiger charge is -2.15. The van der Waals surface area contributed by atoms with Gasteiger partial charge in [-0.15, -0.1) is 0 Å². The number of nitrogens with one attached hydrogen (secondary N) is 1. The van der Waals surface area contributed by atoms with Crippen molar-refractivity contribution in [1.82, 2.24) is 5.32 Å². The van der Waals surface area contributed by atoms with Gasteiger partial charge >= 0.3 is 6.09 Å². The van der Waals surface area contributed by atoms with Crippen LogP contribution in [-0.4, -0.2) is 36.5 Å². The molecule has 2 unspecified atom stereocenters. The maximum Gasteiger partial charge on any atom is 0.405 e. The van der Waals surface area contributed by atoms with Crippen LogP contribution in [0.5, 0.6) is 0 Å². The minimum Gasteiger partial charge on any atom is -0.439 e. The van der Waals surface area contributed by atoms with Gasteiger partial charge < -0.3 is 20.5 Å². The van der Waals surface area contributed by atoms with Crippen LogP contribution in [0.1, 0.15) is 40.4 Å². The van der Waals surface area contributed by atoms with E-state index < -0.39 is 12.2 Å². The van der Waals surface area contributed by atoms with Crippen LogP contribution in [0.3, 0.4) is 0 Å². The Labute approximate surface area is 181 Å². The largest absolute Gasteiger partial charge is 0.439 e. The monoisotopic (exact) mass is 424 g/mol. The molecule has 0 aliphatic heterocycles. The van der Waals surface area contributed by atoms with Crippen molar-refractivity contribution < 1.29 is 23.9 Å². The van der Waals surface area contributed by atoms with E-state index >= 15 is 0 Å². The Kier molecular flexibility index (Phi) is 7.41. The van der Waals surface area contributed by atoms with Crippen LogP contribution in [0.15, 0.2) is 48.5 Å². The Balaban J connectivity index is 1.54. The lowest BCUT2D eigenvalue weighted by atomic mass is 9.96. The number of hydrogen-bond donors (Lipinski definition) is 2. The standard InChI is InChI=1S/C24H28N2O5/c1-15-7-6-10-18(12-21(27)16(2)31-24(25)29)22(15)23(28)26-20-11-19(20)14-30-13-17-8-4-3-5-9-17/h3-10,16,19-20H,11-14H2,1-2H3,(H2,25,29)(H,26,28)/t16-,19?,20?/m0/s1. The van der Waals surface area contributed by atoms with E-state index in [1.165, 1.54) is 6.92 Å². The Morgan fingerprint density at radius 1 is 1.13 bits per heavy atom. The quantitative estimate of drug-likeness (QED) is 0.610. The molecule has 1 saturated carbocycles. The Hall–Kier alpha value is -3.19. The highest BCUT2D eigenvalue weighted by Crippen LogP contribution is 2.31. The molecule has 3 N–H and O–H groups in total. The highest BCUT2D eigenvalue weighted by Gasteiger charge is 2.39. The first kappa shape index (κ1) is 22.5. The second-order valence-corrected chi connectivity index (χ2v) is 7.91. The number of hydrogen-bond acceptors (Lipinski definition) is 5. The third-order valence-electron chi connectivity index (χ3n) is 5.38. The molecular weight excluding hydrogens is 396 g/mol. The van der Waals surface area contributed by atoms with Crippen molar-refractivity contribution in [2.75, 3.05) is 6.61 Å². The van der Waals surface area contributed by atoms with Crippen molar-refractivity contribution in [2.24, 2.45) is 11.7 Å². The van der Waals surface area contributed by atoms with Crippen molar-refractivity contribution in [1.29, 1.82) is 0 Å². The molecule has 1 aliphatic rings. The SMILES string of the molecule is Cc1cccc(CC(=O)[C@H](C)OC(N)=O)c1C(=O)NC1CC1COCc1ccccc1. The zero-order valence-electron chi connectivity index (χ0n) is 17.8. The summed E-state index contributed by atoms with van der Waals surface area (Å²) in [7, 11) is 0. The molecule has 0 saturated heterocycles. The van der Waals surface area contributed by atoms with Crippen molar-refractivity contribution in [3.63, 3.8) is 0 Å². The molecule has 31 heavy (non-hydrogen) atoms. The lowest BCUT2D eigenvalue weighted by Crippen LogP contribution is -2.31. The number of ether oxygens (including phenoxy) is 2. The molecule has 7 heteroatoms. The molecule has 1 aliphatic carbocycles. The van der Waals surface area contributed by atoms with E-state index in [4.69, 9.17) is 15.2 Å². The molecule has 0 spiro atoms. The molecule has 0 aromatic heterocycles. The molecule has 0 bridgehead atoms. The smallest absolute Gasteiger partial charge is 0.405 e. The maximum absolute atomic E-state index is 12.9. The zero-order valence-corrected chi connectivity index (χ0v) is 17.8. The molecule has 0 radical (unpaired) electrons. The molecule has 164 valence electrons. The normalized spacial score (nSPS) is 18.1. The Morgan fingerprint density at radius 2 is 1.87 bits per heavy atom. The number of primary amides is 1. The molecule has 2 amide bonds. The van der Waals surface area contributed by atoms with Gasteiger partial charge in [0, 0.05) is 23.9 Å². The predicted molar refractivity (Wildman–Crippen MR) is 115 cm³/mol. The Morgan fingerprint density at radius 3 is 2.58 bits per heavy atom. The van der Waals surface area contributed by atoms with Crippen LogP contribution in [0.4, 0.5) is 4.79 Å². The first-order chi connectivity index (χ1) is 14.8. The summed E-state index contributed by atoms with van der Waals surface area (Å²) >= 11 is 0. The van der Waals surface area contributed by atoms with Gasteiger partial charge in [0.05, 0.1) is 13.2 Å². The van der Waals surface area contributed by atoms with Gasteiger partial charge in [-0.25, -0.2) is 4.79 Å². The first-order valence-electron chi connectivity index (χ1n) is 10.3. The van der Waals surface area contributed by atoms with Gasteiger partial charge in [0.15, 0.2) is 11.9 Å². The molecule has 2 aromatic carbocycles. The van der Waals surface area contributed by atoms with Gasteiger partial charge in [-0.3, -0.25) is 9.59 Å². The average Bonchev–Trinajstić information content (AvgIpc) is 3.45. The lowest BCUT2D eigenvalue weighted by molar-refractivity contribution is -0.125. The summed E-state index contributed by atoms with van der Waals surface area (Å²) in [6.45, 7) is 4.43. The maximum atomic E-state index is 12.9. The summed E-state index contributed by atoms with van der Waals surface area (Å²) in [6, 6.07) is 15.4. The highest BCUT2D eigenvalue weighted by atomic mass is 16.6. The number of Topliss-reactive ketones (excluding diaryl/α,β-unsaturated/α-hetero) is 1. The predicted octanol–water partition coefficient (Wildman–Crippen LogP) is 2.93. The van der Waals surface area contributed by atoms with Crippen LogP contribution < -0.4 is 11.1 Å². The first-order valence-corrected chi connectivity index (χ1v) is 10.3. The fourth-order valence-electron chi connectivity index (χ4n) is 3.52. The molecule has 7 nitrogen and oxygen atoms in total. The van der Waals surface area contributed by atoms with E-state index in [2.05, 4.69) is 5.32 Å². The summed E-state index contributed by atoms with van der Waals surface area (Å²) in [5.74, 6) is -0.247. The van der Waals surface area contributed by atoms with Crippen LogP contribution in [0.2, 0.25) is 0 Å². The van der Waals surface area contributed by atoms with E-state index in [1.807, 2.05) is 43.3 Å². The van der Waals surface area contributed by atoms with Gasteiger partial charge in [0.1, 0.15) is 0 Å².